The molecule has 1 unspecified atom stereocenters. The van der Waals surface area contributed by atoms with Crippen LogP contribution in [-0.4, -0.2) is 12.5 Å². The van der Waals surface area contributed by atoms with Crippen LogP contribution in [0.2, 0.25) is 0 Å². The number of carbonyl (C=O) groups is 1. The predicted octanol–water partition coefficient (Wildman–Crippen LogP) is 2.66. The molecule has 2 rings (SSSR count). The van der Waals surface area contributed by atoms with E-state index in [1.54, 1.807) is 0 Å². The minimum absolute atomic E-state index is 0.133. The Balaban J connectivity index is 1.83. The Morgan fingerprint density at radius 1 is 1.00 bits per heavy atom. The predicted molar refractivity (Wildman–Crippen MR) is 86.0 cm³/mol. The average molecular weight is 282 g/mol. The van der Waals surface area contributed by atoms with E-state index in [2.05, 4.69) is 36.5 Å². The Bertz CT molecular complexity index is 588. The molecule has 0 aromatic heterocycles. The minimum Gasteiger partial charge on any atom is -0.354 e. The largest absolute Gasteiger partial charge is 0.354 e. The molecule has 3 heteroatoms. The fraction of sp³-hybridized carbons (Fsp3) is 0.278. The smallest absolute Gasteiger partial charge is 0.241 e. The summed E-state index contributed by atoms with van der Waals surface area (Å²) in [6.07, 6.45) is 0.812. The summed E-state index contributed by atoms with van der Waals surface area (Å²) in [7, 11) is 0. The molecule has 0 aliphatic heterocycles. The lowest BCUT2D eigenvalue weighted by atomic mass is 10.1. The van der Waals surface area contributed by atoms with Crippen LogP contribution in [-0.2, 0) is 11.2 Å². The second-order valence-corrected chi connectivity index (χ2v) is 5.41. The van der Waals surface area contributed by atoms with E-state index in [4.69, 9.17) is 5.73 Å². The molecule has 3 N–H and O–H groups in total. The van der Waals surface area contributed by atoms with Crippen LogP contribution >= 0.6 is 0 Å². The van der Waals surface area contributed by atoms with E-state index in [1.165, 1.54) is 11.1 Å². The van der Waals surface area contributed by atoms with Gasteiger partial charge in [-0.1, -0.05) is 59.7 Å². The van der Waals surface area contributed by atoms with E-state index in [1.807, 2.05) is 31.2 Å². The van der Waals surface area contributed by atoms with Gasteiger partial charge >= 0.3 is 0 Å². The Labute approximate surface area is 126 Å². The summed E-state index contributed by atoms with van der Waals surface area (Å²) in [5, 5.41) is 2.89. The number of aryl methyl sites for hydroxylation is 2. The molecule has 2 aromatic carbocycles. The summed E-state index contributed by atoms with van der Waals surface area (Å²) in [5.74, 6) is -0.133. The lowest BCUT2D eigenvalue weighted by Gasteiger charge is -2.13. The number of nitrogens with two attached hydrogens (primary N) is 1. The summed E-state index contributed by atoms with van der Waals surface area (Å²) in [5.41, 5.74) is 10.4. The van der Waals surface area contributed by atoms with Gasteiger partial charge < -0.3 is 11.1 Å². The molecular formula is C18H22N2O. The first-order valence-corrected chi connectivity index (χ1v) is 7.21. The van der Waals surface area contributed by atoms with Crippen molar-refractivity contribution in [1.29, 1.82) is 0 Å². The van der Waals surface area contributed by atoms with Gasteiger partial charge in [-0.3, -0.25) is 4.79 Å². The van der Waals surface area contributed by atoms with Crippen molar-refractivity contribution >= 4 is 5.91 Å². The first-order chi connectivity index (χ1) is 10.1. The molecular weight excluding hydrogens is 260 g/mol. The Kier molecular flexibility index (Phi) is 5.12. The fourth-order valence-corrected chi connectivity index (χ4v) is 2.12. The van der Waals surface area contributed by atoms with E-state index in [0.29, 0.717) is 6.54 Å². The highest BCUT2D eigenvalue weighted by Crippen LogP contribution is 2.11. The summed E-state index contributed by atoms with van der Waals surface area (Å²) in [6.45, 7) is 4.67. The lowest BCUT2D eigenvalue weighted by Crippen LogP contribution is -2.35. The quantitative estimate of drug-likeness (QED) is 0.886. The molecule has 21 heavy (non-hydrogen) atoms. The van der Waals surface area contributed by atoms with E-state index >= 15 is 0 Å². The Morgan fingerprint density at radius 2 is 1.52 bits per heavy atom. The number of rotatable bonds is 5. The van der Waals surface area contributed by atoms with Gasteiger partial charge in [0.25, 0.3) is 0 Å². The number of nitrogens with one attached hydrogen (secondary N) is 1. The highest BCUT2D eigenvalue weighted by Gasteiger charge is 2.14. The van der Waals surface area contributed by atoms with Crippen LogP contribution < -0.4 is 11.1 Å². The molecule has 0 bridgehead atoms. The molecule has 0 radical (unpaired) electrons. The molecule has 0 saturated carbocycles. The minimum atomic E-state index is -0.608. The standard InChI is InChI=1S/C18H22N2O/c1-13-3-7-15(8-4-13)11-12-20-18(21)17(19)16-9-5-14(2)6-10-16/h3-10,17H,11-12,19H2,1-2H3,(H,20,21). The van der Waals surface area contributed by atoms with E-state index < -0.39 is 6.04 Å². The second-order valence-electron chi connectivity index (χ2n) is 5.41. The van der Waals surface area contributed by atoms with Gasteiger partial charge in [-0.05, 0) is 31.4 Å². The zero-order valence-electron chi connectivity index (χ0n) is 12.6. The number of carbonyl (C=O) groups excluding carboxylic acids is 1. The Hall–Kier alpha value is -2.13. The summed E-state index contributed by atoms with van der Waals surface area (Å²) >= 11 is 0. The van der Waals surface area contributed by atoms with Crippen LogP contribution in [0, 0.1) is 13.8 Å². The SMILES string of the molecule is Cc1ccc(CCNC(=O)C(N)c2ccc(C)cc2)cc1. The van der Waals surface area contributed by atoms with Gasteiger partial charge in [0.05, 0.1) is 0 Å². The number of amides is 1. The van der Waals surface area contributed by atoms with E-state index in [9.17, 15) is 4.79 Å². The maximum absolute atomic E-state index is 12.0. The van der Waals surface area contributed by atoms with Crippen LogP contribution in [0.3, 0.4) is 0 Å². The average Bonchev–Trinajstić information content (AvgIpc) is 2.49. The van der Waals surface area contributed by atoms with Crippen LogP contribution in [0.5, 0.6) is 0 Å². The third kappa shape index (κ3) is 4.43. The third-order valence-electron chi connectivity index (χ3n) is 3.55. The fourth-order valence-electron chi connectivity index (χ4n) is 2.12. The monoisotopic (exact) mass is 282 g/mol. The topological polar surface area (TPSA) is 55.1 Å². The maximum atomic E-state index is 12.0. The van der Waals surface area contributed by atoms with Gasteiger partial charge in [-0.15, -0.1) is 0 Å². The van der Waals surface area contributed by atoms with Crippen molar-refractivity contribution in [3.05, 3.63) is 70.8 Å². The van der Waals surface area contributed by atoms with E-state index in [0.717, 1.165) is 17.5 Å². The van der Waals surface area contributed by atoms with Crippen molar-refractivity contribution in [2.75, 3.05) is 6.54 Å². The van der Waals surface area contributed by atoms with Crippen molar-refractivity contribution in [3.8, 4) is 0 Å². The van der Waals surface area contributed by atoms with Crippen LogP contribution in [0.4, 0.5) is 0 Å². The van der Waals surface area contributed by atoms with Crippen molar-refractivity contribution in [2.24, 2.45) is 5.73 Å². The van der Waals surface area contributed by atoms with Gasteiger partial charge in [0.15, 0.2) is 0 Å². The molecule has 110 valence electrons. The van der Waals surface area contributed by atoms with Crippen LogP contribution in [0.1, 0.15) is 28.3 Å². The van der Waals surface area contributed by atoms with Gasteiger partial charge in [0.2, 0.25) is 5.91 Å². The molecule has 1 amide bonds. The summed E-state index contributed by atoms with van der Waals surface area (Å²) in [4.78, 5) is 12.0. The van der Waals surface area contributed by atoms with Crippen molar-refractivity contribution in [3.63, 3.8) is 0 Å². The summed E-state index contributed by atoms with van der Waals surface area (Å²) in [6, 6.07) is 15.5. The number of benzene rings is 2. The van der Waals surface area contributed by atoms with Crippen LogP contribution in [0.25, 0.3) is 0 Å². The molecule has 2 aromatic rings. The lowest BCUT2D eigenvalue weighted by molar-refractivity contribution is -0.122. The van der Waals surface area contributed by atoms with Crippen molar-refractivity contribution < 1.29 is 4.79 Å². The zero-order valence-corrected chi connectivity index (χ0v) is 12.6. The first kappa shape index (κ1) is 15.3. The normalized spacial score (nSPS) is 12.0. The maximum Gasteiger partial charge on any atom is 0.241 e. The number of hydrogen-bond donors (Lipinski definition) is 2. The van der Waals surface area contributed by atoms with Gasteiger partial charge in [-0.25, -0.2) is 0 Å². The number of hydrogen-bond acceptors (Lipinski definition) is 2. The van der Waals surface area contributed by atoms with Crippen molar-refractivity contribution in [1.82, 2.24) is 5.32 Å². The van der Waals surface area contributed by atoms with Crippen LogP contribution in [0.15, 0.2) is 48.5 Å². The third-order valence-corrected chi connectivity index (χ3v) is 3.55. The summed E-state index contributed by atoms with van der Waals surface area (Å²) < 4.78 is 0. The molecule has 0 aliphatic rings. The van der Waals surface area contributed by atoms with Gasteiger partial charge in [-0.2, -0.15) is 0 Å². The van der Waals surface area contributed by atoms with E-state index in [-0.39, 0.29) is 5.91 Å². The highest BCUT2D eigenvalue weighted by molar-refractivity contribution is 5.82. The zero-order chi connectivity index (χ0) is 15.2. The molecule has 3 nitrogen and oxygen atoms in total. The molecule has 0 spiro atoms. The van der Waals surface area contributed by atoms with Gasteiger partial charge in [0, 0.05) is 6.54 Å². The Morgan fingerprint density at radius 3 is 2.10 bits per heavy atom. The van der Waals surface area contributed by atoms with Gasteiger partial charge in [0.1, 0.15) is 6.04 Å². The molecule has 0 saturated heterocycles. The molecule has 1 atom stereocenters. The second kappa shape index (κ2) is 7.04. The first-order valence-electron chi connectivity index (χ1n) is 7.21. The highest BCUT2D eigenvalue weighted by atomic mass is 16.2. The molecule has 0 fully saturated rings. The molecule has 0 heterocycles. The molecule has 0 aliphatic carbocycles. The van der Waals surface area contributed by atoms with Crippen molar-refractivity contribution in [2.45, 2.75) is 26.3 Å².